The number of unbranched alkanes of at least 4 members (excludes halogenated alkanes) is 20. The van der Waals surface area contributed by atoms with E-state index in [9.17, 15) is 4.79 Å². The average molecular weight is 483 g/mol. The number of hydrogen-bond donors (Lipinski definition) is 1. The lowest BCUT2D eigenvalue weighted by Gasteiger charge is -2.16. The Bertz CT molecular complexity index is 396. The van der Waals surface area contributed by atoms with Gasteiger partial charge in [-0.25, -0.2) is 0 Å². The van der Waals surface area contributed by atoms with Crippen molar-refractivity contribution in [2.45, 2.75) is 174 Å². The summed E-state index contributed by atoms with van der Waals surface area (Å²) < 4.78 is 5.15. The molecule has 0 saturated carbocycles. The highest BCUT2D eigenvalue weighted by atomic mass is 16.5. The minimum absolute atomic E-state index is 0.0758. The lowest BCUT2D eigenvalue weighted by molar-refractivity contribution is -0.145. The molecule has 0 bridgehead atoms. The van der Waals surface area contributed by atoms with Crippen molar-refractivity contribution in [3.8, 4) is 0 Å². The smallest absolute Gasteiger partial charge is 0.306 e. The molecule has 0 aromatic rings. The monoisotopic (exact) mass is 482 g/mol. The maximum atomic E-state index is 12.1. The Balaban J connectivity index is 3.82. The standard InChI is InChI=1S/C31H62O3/c1-3-5-7-9-11-13-15-16-18-20-22-24-26-30(29-31(33)34-28-27-32)25-23-21-19-17-14-12-10-8-6-4-2/h30,32H,3-29H2,1-2H3. The lowest BCUT2D eigenvalue weighted by Crippen LogP contribution is -2.14. The number of esters is 1. The van der Waals surface area contributed by atoms with E-state index in [-0.39, 0.29) is 19.2 Å². The number of aliphatic hydroxyl groups excluding tert-OH is 1. The Morgan fingerprint density at radius 3 is 1.21 bits per heavy atom. The Morgan fingerprint density at radius 1 is 0.559 bits per heavy atom. The molecule has 0 aliphatic heterocycles. The Hall–Kier alpha value is -0.570. The van der Waals surface area contributed by atoms with Gasteiger partial charge in [0.2, 0.25) is 0 Å². The van der Waals surface area contributed by atoms with E-state index in [4.69, 9.17) is 9.84 Å². The second-order valence-corrected chi connectivity index (χ2v) is 10.7. The van der Waals surface area contributed by atoms with E-state index in [1.807, 2.05) is 0 Å². The molecule has 0 radical (unpaired) electrons. The van der Waals surface area contributed by atoms with Crippen LogP contribution >= 0.6 is 0 Å². The Labute approximate surface area is 214 Å². The molecular formula is C31H62O3. The van der Waals surface area contributed by atoms with Crippen LogP contribution in [0.15, 0.2) is 0 Å². The summed E-state index contributed by atoms with van der Waals surface area (Å²) in [5.41, 5.74) is 0. The molecule has 3 heteroatoms. The molecule has 1 unspecified atom stereocenters. The summed E-state index contributed by atoms with van der Waals surface area (Å²) in [6.45, 7) is 4.62. The molecule has 0 rings (SSSR count). The first-order valence-electron chi connectivity index (χ1n) is 15.5. The third kappa shape index (κ3) is 26.0. The van der Waals surface area contributed by atoms with Crippen LogP contribution in [0.4, 0.5) is 0 Å². The van der Waals surface area contributed by atoms with Crippen molar-refractivity contribution in [1.29, 1.82) is 0 Å². The second kappa shape index (κ2) is 28.7. The van der Waals surface area contributed by atoms with Gasteiger partial charge in [0, 0.05) is 6.42 Å². The molecular weight excluding hydrogens is 420 g/mol. The minimum atomic E-state index is -0.120. The zero-order valence-electron chi connectivity index (χ0n) is 23.4. The zero-order valence-corrected chi connectivity index (χ0v) is 23.4. The van der Waals surface area contributed by atoms with Crippen molar-refractivity contribution in [2.75, 3.05) is 13.2 Å². The summed E-state index contributed by atoms with van der Waals surface area (Å²) in [7, 11) is 0. The first kappa shape index (κ1) is 33.4. The predicted molar refractivity (Wildman–Crippen MR) is 148 cm³/mol. The van der Waals surface area contributed by atoms with Gasteiger partial charge < -0.3 is 9.84 Å². The topological polar surface area (TPSA) is 46.5 Å². The maximum absolute atomic E-state index is 12.1. The van der Waals surface area contributed by atoms with Crippen LogP contribution in [0.3, 0.4) is 0 Å². The molecule has 1 N–H and O–H groups in total. The van der Waals surface area contributed by atoms with Gasteiger partial charge in [0.1, 0.15) is 6.61 Å². The van der Waals surface area contributed by atoms with Gasteiger partial charge in [-0.15, -0.1) is 0 Å². The number of hydrogen-bond acceptors (Lipinski definition) is 3. The number of carbonyl (C=O) groups is 1. The number of aliphatic hydroxyl groups is 1. The number of ether oxygens (including phenoxy) is 1. The fourth-order valence-electron chi connectivity index (χ4n) is 5.00. The van der Waals surface area contributed by atoms with Crippen LogP contribution in [-0.2, 0) is 9.53 Å². The molecule has 0 amide bonds. The maximum Gasteiger partial charge on any atom is 0.306 e. The minimum Gasteiger partial charge on any atom is -0.463 e. The summed E-state index contributed by atoms with van der Waals surface area (Å²) in [4.78, 5) is 12.1. The van der Waals surface area contributed by atoms with E-state index in [1.165, 1.54) is 141 Å². The van der Waals surface area contributed by atoms with Crippen molar-refractivity contribution in [1.82, 2.24) is 0 Å². The van der Waals surface area contributed by atoms with Crippen LogP contribution in [0.1, 0.15) is 174 Å². The Morgan fingerprint density at radius 2 is 0.882 bits per heavy atom. The van der Waals surface area contributed by atoms with Crippen molar-refractivity contribution in [3.63, 3.8) is 0 Å². The van der Waals surface area contributed by atoms with Crippen LogP contribution in [-0.4, -0.2) is 24.3 Å². The van der Waals surface area contributed by atoms with Crippen LogP contribution in [0.2, 0.25) is 0 Å². The molecule has 0 aliphatic carbocycles. The molecule has 34 heavy (non-hydrogen) atoms. The third-order valence-corrected chi connectivity index (χ3v) is 7.24. The van der Waals surface area contributed by atoms with Crippen LogP contribution in [0, 0.1) is 5.92 Å². The molecule has 1 atom stereocenters. The van der Waals surface area contributed by atoms with E-state index in [2.05, 4.69) is 13.8 Å². The van der Waals surface area contributed by atoms with Crippen LogP contribution < -0.4 is 0 Å². The van der Waals surface area contributed by atoms with Crippen molar-refractivity contribution < 1.29 is 14.6 Å². The molecule has 0 aliphatic rings. The first-order valence-corrected chi connectivity index (χ1v) is 15.5. The highest BCUT2D eigenvalue weighted by molar-refractivity contribution is 5.69. The number of rotatable bonds is 28. The largest absolute Gasteiger partial charge is 0.463 e. The van der Waals surface area contributed by atoms with Crippen LogP contribution in [0.5, 0.6) is 0 Å². The van der Waals surface area contributed by atoms with Gasteiger partial charge >= 0.3 is 5.97 Å². The highest BCUT2D eigenvalue weighted by Gasteiger charge is 2.14. The van der Waals surface area contributed by atoms with Gasteiger partial charge in [0.25, 0.3) is 0 Å². The van der Waals surface area contributed by atoms with E-state index >= 15 is 0 Å². The van der Waals surface area contributed by atoms with Crippen LogP contribution in [0.25, 0.3) is 0 Å². The summed E-state index contributed by atoms with van der Waals surface area (Å²) >= 11 is 0. The average Bonchev–Trinajstić information content (AvgIpc) is 2.84. The normalized spacial score (nSPS) is 12.2. The summed E-state index contributed by atoms with van der Waals surface area (Å²) in [6.07, 6.45) is 32.9. The van der Waals surface area contributed by atoms with Crippen molar-refractivity contribution >= 4 is 5.97 Å². The fraction of sp³-hybridized carbons (Fsp3) is 0.968. The molecule has 3 nitrogen and oxygen atoms in total. The van der Waals surface area contributed by atoms with Gasteiger partial charge in [-0.3, -0.25) is 4.79 Å². The van der Waals surface area contributed by atoms with Gasteiger partial charge in [-0.1, -0.05) is 155 Å². The lowest BCUT2D eigenvalue weighted by atomic mass is 9.91. The van der Waals surface area contributed by atoms with Gasteiger partial charge in [0.05, 0.1) is 6.61 Å². The van der Waals surface area contributed by atoms with Crippen molar-refractivity contribution in [2.24, 2.45) is 5.92 Å². The quantitative estimate of drug-likeness (QED) is 0.0891. The molecule has 0 aromatic carbocycles. The number of carbonyl (C=O) groups excluding carboxylic acids is 1. The van der Waals surface area contributed by atoms with E-state index < -0.39 is 0 Å². The van der Waals surface area contributed by atoms with Crippen molar-refractivity contribution in [3.05, 3.63) is 0 Å². The van der Waals surface area contributed by atoms with E-state index in [0.717, 1.165) is 12.8 Å². The predicted octanol–water partition coefficient (Wildman–Crippen LogP) is 9.93. The third-order valence-electron chi connectivity index (χ3n) is 7.24. The first-order chi connectivity index (χ1) is 16.7. The highest BCUT2D eigenvalue weighted by Crippen LogP contribution is 2.23. The Kier molecular flexibility index (Phi) is 28.2. The molecule has 0 saturated heterocycles. The second-order valence-electron chi connectivity index (χ2n) is 10.7. The fourth-order valence-corrected chi connectivity index (χ4v) is 5.00. The molecule has 0 aromatic heterocycles. The van der Waals surface area contributed by atoms with Gasteiger partial charge in [-0.05, 0) is 18.8 Å². The molecule has 0 fully saturated rings. The zero-order chi connectivity index (χ0) is 25.0. The SMILES string of the molecule is CCCCCCCCCCCCCCC(CCCCCCCCCCCC)CC(=O)OCCO. The molecule has 204 valence electrons. The summed E-state index contributed by atoms with van der Waals surface area (Å²) in [5.74, 6) is 0.341. The molecule has 0 heterocycles. The van der Waals surface area contributed by atoms with Gasteiger partial charge in [0.15, 0.2) is 0 Å². The summed E-state index contributed by atoms with van der Waals surface area (Å²) in [6, 6.07) is 0. The molecule has 0 spiro atoms. The summed E-state index contributed by atoms with van der Waals surface area (Å²) in [5, 5.41) is 8.90. The van der Waals surface area contributed by atoms with Gasteiger partial charge in [-0.2, -0.15) is 0 Å². The van der Waals surface area contributed by atoms with E-state index in [0.29, 0.717) is 12.3 Å². The van der Waals surface area contributed by atoms with E-state index in [1.54, 1.807) is 0 Å².